The van der Waals surface area contributed by atoms with E-state index in [0.717, 1.165) is 6.04 Å². The molecule has 1 heterocycles. The van der Waals surface area contributed by atoms with Crippen LogP contribution in [-0.4, -0.2) is 48.6 Å². The highest BCUT2D eigenvalue weighted by Gasteiger charge is 2.33. The maximum atomic E-state index is 2.83. The highest BCUT2D eigenvalue weighted by molar-refractivity contribution is 4.90. The SMILES string of the molecule is CCCCCCC(C)(CCCC)N1CCC(N(C)C)CC1. The Hall–Kier alpha value is -0.0800. The fourth-order valence-electron chi connectivity index (χ4n) is 3.85. The fourth-order valence-corrected chi connectivity index (χ4v) is 3.85. The average molecular weight is 297 g/mol. The first kappa shape index (κ1) is 19.0. The van der Waals surface area contributed by atoms with E-state index in [1.807, 2.05) is 0 Å². The lowest BCUT2D eigenvalue weighted by molar-refractivity contribution is 0.0365. The summed E-state index contributed by atoms with van der Waals surface area (Å²) in [5.74, 6) is 0. The molecule has 0 spiro atoms. The molecule has 1 saturated heterocycles. The number of hydrogen-bond acceptors (Lipinski definition) is 2. The van der Waals surface area contributed by atoms with E-state index < -0.39 is 0 Å². The van der Waals surface area contributed by atoms with Crippen LogP contribution in [0.2, 0.25) is 0 Å². The second-order valence-electron chi connectivity index (χ2n) is 7.59. The number of nitrogens with zero attached hydrogens (tertiary/aromatic N) is 2. The lowest BCUT2D eigenvalue weighted by atomic mass is 9.85. The quantitative estimate of drug-likeness (QED) is 0.527. The summed E-state index contributed by atoms with van der Waals surface area (Å²) >= 11 is 0. The molecule has 0 aromatic carbocycles. The largest absolute Gasteiger partial charge is 0.306 e. The summed E-state index contributed by atoms with van der Waals surface area (Å²) < 4.78 is 0. The maximum Gasteiger partial charge on any atom is 0.0181 e. The minimum Gasteiger partial charge on any atom is -0.306 e. The van der Waals surface area contributed by atoms with E-state index in [2.05, 4.69) is 44.7 Å². The summed E-state index contributed by atoms with van der Waals surface area (Å²) in [5, 5.41) is 0. The van der Waals surface area contributed by atoms with Crippen molar-refractivity contribution < 1.29 is 0 Å². The molecule has 1 aliphatic rings. The van der Waals surface area contributed by atoms with Gasteiger partial charge in [-0.1, -0.05) is 52.4 Å². The van der Waals surface area contributed by atoms with Crippen molar-refractivity contribution in [1.29, 1.82) is 0 Å². The molecule has 1 atom stereocenters. The zero-order valence-corrected chi connectivity index (χ0v) is 15.5. The molecule has 0 aromatic heterocycles. The highest BCUT2D eigenvalue weighted by Crippen LogP contribution is 2.31. The molecule has 0 aliphatic carbocycles. The summed E-state index contributed by atoms with van der Waals surface area (Å²) in [5.41, 5.74) is 0.459. The van der Waals surface area contributed by atoms with E-state index in [0.29, 0.717) is 5.54 Å². The van der Waals surface area contributed by atoms with Crippen molar-refractivity contribution in [2.24, 2.45) is 0 Å². The van der Waals surface area contributed by atoms with Crippen LogP contribution < -0.4 is 0 Å². The third-order valence-electron chi connectivity index (χ3n) is 5.60. The predicted octanol–water partition coefficient (Wildman–Crippen LogP) is 4.93. The summed E-state index contributed by atoms with van der Waals surface area (Å²) in [4.78, 5) is 5.25. The van der Waals surface area contributed by atoms with Gasteiger partial charge in [0.2, 0.25) is 0 Å². The van der Waals surface area contributed by atoms with Crippen LogP contribution in [0.4, 0.5) is 0 Å². The Labute approximate surface area is 134 Å². The standard InChI is InChI=1S/C19H40N2/c1-6-8-10-11-15-19(3,14-9-7-2)21-16-12-18(13-17-21)20(4)5/h18H,6-17H2,1-5H3. The average Bonchev–Trinajstić information content (AvgIpc) is 2.50. The van der Waals surface area contributed by atoms with Crippen LogP contribution >= 0.6 is 0 Å². The van der Waals surface area contributed by atoms with Gasteiger partial charge in [-0.05, 0) is 46.7 Å². The Balaban J connectivity index is 2.51. The van der Waals surface area contributed by atoms with E-state index in [-0.39, 0.29) is 0 Å². The number of unbranched alkanes of at least 4 members (excludes halogenated alkanes) is 4. The molecule has 0 saturated carbocycles. The van der Waals surface area contributed by atoms with Crippen molar-refractivity contribution >= 4 is 0 Å². The molecule has 1 aliphatic heterocycles. The van der Waals surface area contributed by atoms with Gasteiger partial charge in [0, 0.05) is 24.7 Å². The van der Waals surface area contributed by atoms with Crippen molar-refractivity contribution in [1.82, 2.24) is 9.80 Å². The fraction of sp³-hybridized carbons (Fsp3) is 1.00. The monoisotopic (exact) mass is 296 g/mol. The normalized spacial score (nSPS) is 20.9. The Bertz CT molecular complexity index is 256. The molecule has 0 radical (unpaired) electrons. The van der Waals surface area contributed by atoms with Crippen LogP contribution in [0.5, 0.6) is 0 Å². The smallest absolute Gasteiger partial charge is 0.0181 e. The molecule has 1 fully saturated rings. The highest BCUT2D eigenvalue weighted by atomic mass is 15.2. The molecule has 0 N–H and O–H groups in total. The van der Waals surface area contributed by atoms with Crippen molar-refractivity contribution in [2.75, 3.05) is 27.2 Å². The second-order valence-corrected chi connectivity index (χ2v) is 7.59. The number of piperidine rings is 1. The number of rotatable bonds is 10. The zero-order chi connectivity index (χ0) is 15.7. The molecule has 1 rings (SSSR count). The summed E-state index contributed by atoms with van der Waals surface area (Å²) in [7, 11) is 4.47. The van der Waals surface area contributed by atoms with Crippen molar-refractivity contribution in [3.05, 3.63) is 0 Å². The Kier molecular flexibility index (Phi) is 8.89. The van der Waals surface area contributed by atoms with E-state index in [1.54, 1.807) is 0 Å². The minimum absolute atomic E-state index is 0.459. The first-order valence-electron chi connectivity index (χ1n) is 9.45. The second kappa shape index (κ2) is 9.84. The van der Waals surface area contributed by atoms with Crippen LogP contribution in [-0.2, 0) is 0 Å². The maximum absolute atomic E-state index is 2.83. The summed E-state index contributed by atoms with van der Waals surface area (Å²) in [6, 6.07) is 0.803. The molecular formula is C19H40N2. The van der Waals surface area contributed by atoms with E-state index in [4.69, 9.17) is 0 Å². The van der Waals surface area contributed by atoms with E-state index in [9.17, 15) is 0 Å². The molecule has 126 valence electrons. The van der Waals surface area contributed by atoms with Gasteiger partial charge in [0.15, 0.2) is 0 Å². The molecule has 0 aromatic rings. The van der Waals surface area contributed by atoms with Crippen LogP contribution in [0.25, 0.3) is 0 Å². The molecule has 21 heavy (non-hydrogen) atoms. The molecule has 0 bridgehead atoms. The Morgan fingerprint density at radius 2 is 1.48 bits per heavy atom. The van der Waals surface area contributed by atoms with E-state index in [1.165, 1.54) is 77.3 Å². The molecule has 2 heteroatoms. The predicted molar refractivity (Wildman–Crippen MR) is 95.0 cm³/mol. The van der Waals surface area contributed by atoms with Gasteiger partial charge in [-0.3, -0.25) is 4.90 Å². The summed E-state index contributed by atoms with van der Waals surface area (Å²) in [6.45, 7) is 9.79. The third-order valence-corrected chi connectivity index (χ3v) is 5.60. The van der Waals surface area contributed by atoms with Crippen LogP contribution in [0, 0.1) is 0 Å². The lowest BCUT2D eigenvalue weighted by Gasteiger charge is -2.46. The molecule has 1 unspecified atom stereocenters. The van der Waals surface area contributed by atoms with Gasteiger partial charge in [0.1, 0.15) is 0 Å². The molecule has 2 nitrogen and oxygen atoms in total. The molecular weight excluding hydrogens is 256 g/mol. The van der Waals surface area contributed by atoms with Crippen molar-refractivity contribution in [3.63, 3.8) is 0 Å². The van der Waals surface area contributed by atoms with Gasteiger partial charge >= 0.3 is 0 Å². The lowest BCUT2D eigenvalue weighted by Crippen LogP contribution is -2.52. The topological polar surface area (TPSA) is 6.48 Å². The van der Waals surface area contributed by atoms with Gasteiger partial charge in [-0.25, -0.2) is 0 Å². The Morgan fingerprint density at radius 1 is 0.905 bits per heavy atom. The van der Waals surface area contributed by atoms with Gasteiger partial charge in [-0.2, -0.15) is 0 Å². The van der Waals surface area contributed by atoms with Gasteiger partial charge < -0.3 is 4.90 Å². The number of likely N-dealkylation sites (tertiary alicyclic amines) is 1. The Morgan fingerprint density at radius 3 is 2.00 bits per heavy atom. The van der Waals surface area contributed by atoms with Gasteiger partial charge in [0.05, 0.1) is 0 Å². The number of hydrogen-bond donors (Lipinski definition) is 0. The van der Waals surface area contributed by atoms with Crippen LogP contribution in [0.15, 0.2) is 0 Å². The van der Waals surface area contributed by atoms with Crippen molar-refractivity contribution in [3.8, 4) is 0 Å². The van der Waals surface area contributed by atoms with Gasteiger partial charge in [0.25, 0.3) is 0 Å². The zero-order valence-electron chi connectivity index (χ0n) is 15.5. The van der Waals surface area contributed by atoms with Crippen LogP contribution in [0.3, 0.4) is 0 Å². The van der Waals surface area contributed by atoms with Gasteiger partial charge in [-0.15, -0.1) is 0 Å². The first-order chi connectivity index (χ1) is 10.0. The summed E-state index contributed by atoms with van der Waals surface area (Å²) in [6.07, 6.45) is 13.8. The van der Waals surface area contributed by atoms with Crippen molar-refractivity contribution in [2.45, 2.75) is 96.6 Å². The first-order valence-corrected chi connectivity index (χ1v) is 9.45. The van der Waals surface area contributed by atoms with Crippen LogP contribution in [0.1, 0.15) is 85.0 Å². The molecule has 0 amide bonds. The minimum atomic E-state index is 0.459. The third kappa shape index (κ3) is 6.28. The van der Waals surface area contributed by atoms with E-state index >= 15 is 0 Å².